The maximum atomic E-state index is 6.06. The summed E-state index contributed by atoms with van der Waals surface area (Å²) in [6, 6.07) is 12.3. The lowest BCUT2D eigenvalue weighted by Crippen LogP contribution is -2.38. The van der Waals surface area contributed by atoms with Crippen molar-refractivity contribution in [3.8, 4) is 5.88 Å². The van der Waals surface area contributed by atoms with Crippen LogP contribution in [-0.2, 0) is 4.74 Å². The first-order chi connectivity index (χ1) is 15.7. The standard InChI is InChI=1S/C25H37N5O2/c1-4-9-30(10-5-2)23-18-24(28-26-20-22-8-6-7-21(3)17-22)27-25(19-23)32-16-13-29-11-14-31-15-12-29/h6-8,17-20H,4-5,9-16H2,1-3H3,(H,27,28)/b26-20+. The molecule has 7 heteroatoms. The normalized spacial score (nSPS) is 14.6. The summed E-state index contributed by atoms with van der Waals surface area (Å²) < 4.78 is 11.5. The highest BCUT2D eigenvalue weighted by atomic mass is 16.5. The summed E-state index contributed by atoms with van der Waals surface area (Å²) in [5.41, 5.74) is 6.46. The molecule has 0 aliphatic carbocycles. The molecule has 2 aromatic rings. The van der Waals surface area contributed by atoms with Crippen molar-refractivity contribution in [3.05, 3.63) is 47.5 Å². The van der Waals surface area contributed by atoms with Gasteiger partial charge in [-0.1, -0.05) is 43.7 Å². The number of nitrogens with one attached hydrogen (secondary N) is 1. The largest absolute Gasteiger partial charge is 0.476 e. The highest BCUT2D eigenvalue weighted by molar-refractivity contribution is 5.80. The van der Waals surface area contributed by atoms with Crippen LogP contribution in [0, 0.1) is 6.92 Å². The number of hydrogen-bond donors (Lipinski definition) is 1. The van der Waals surface area contributed by atoms with Crippen LogP contribution in [0.3, 0.4) is 0 Å². The van der Waals surface area contributed by atoms with Gasteiger partial charge < -0.3 is 14.4 Å². The topological polar surface area (TPSA) is 62.2 Å². The Bertz CT molecular complexity index is 846. The molecular formula is C25H37N5O2. The van der Waals surface area contributed by atoms with Crippen molar-refractivity contribution in [2.24, 2.45) is 5.10 Å². The summed E-state index contributed by atoms with van der Waals surface area (Å²) >= 11 is 0. The number of anilines is 2. The van der Waals surface area contributed by atoms with Gasteiger partial charge in [0, 0.05) is 50.5 Å². The summed E-state index contributed by atoms with van der Waals surface area (Å²) in [7, 11) is 0. The molecule has 0 bridgehead atoms. The van der Waals surface area contributed by atoms with Gasteiger partial charge in [-0.15, -0.1) is 0 Å². The van der Waals surface area contributed by atoms with E-state index < -0.39 is 0 Å². The first kappa shape index (κ1) is 24.0. The van der Waals surface area contributed by atoms with Crippen LogP contribution in [0.4, 0.5) is 11.5 Å². The van der Waals surface area contributed by atoms with E-state index in [-0.39, 0.29) is 0 Å². The van der Waals surface area contributed by atoms with Gasteiger partial charge in [0.2, 0.25) is 5.88 Å². The zero-order valence-corrected chi connectivity index (χ0v) is 19.7. The summed E-state index contributed by atoms with van der Waals surface area (Å²) in [5.74, 6) is 1.31. The molecule has 1 aliphatic heterocycles. The Morgan fingerprint density at radius 1 is 1.16 bits per heavy atom. The van der Waals surface area contributed by atoms with Crippen LogP contribution in [0.1, 0.15) is 37.8 Å². The van der Waals surface area contributed by atoms with E-state index in [0.717, 1.165) is 70.0 Å². The lowest BCUT2D eigenvalue weighted by molar-refractivity contribution is 0.0320. The molecule has 1 N–H and O–H groups in total. The predicted octanol–water partition coefficient (Wildman–Crippen LogP) is 4.17. The molecule has 0 atom stereocenters. The van der Waals surface area contributed by atoms with Crippen molar-refractivity contribution in [3.63, 3.8) is 0 Å². The second kappa shape index (κ2) is 13.0. The third-order valence-corrected chi connectivity index (χ3v) is 5.33. The quantitative estimate of drug-likeness (QED) is 0.396. The number of ether oxygens (including phenoxy) is 2. The highest BCUT2D eigenvalue weighted by Crippen LogP contribution is 2.24. The molecular weight excluding hydrogens is 402 g/mol. The average molecular weight is 440 g/mol. The second-order valence-corrected chi connectivity index (χ2v) is 8.12. The Morgan fingerprint density at radius 3 is 2.66 bits per heavy atom. The van der Waals surface area contributed by atoms with E-state index in [1.807, 2.05) is 30.5 Å². The monoisotopic (exact) mass is 439 g/mol. The van der Waals surface area contributed by atoms with Crippen molar-refractivity contribution in [1.29, 1.82) is 0 Å². The van der Waals surface area contributed by atoms with E-state index in [9.17, 15) is 0 Å². The number of hydrazone groups is 1. The van der Waals surface area contributed by atoms with E-state index >= 15 is 0 Å². The molecule has 0 unspecified atom stereocenters. The first-order valence-corrected chi connectivity index (χ1v) is 11.7. The molecule has 3 rings (SSSR count). The minimum absolute atomic E-state index is 0.601. The van der Waals surface area contributed by atoms with Crippen LogP contribution >= 0.6 is 0 Å². The SMILES string of the molecule is CCCN(CCC)c1cc(N/N=C/c2cccc(C)c2)nc(OCCN2CCOCC2)c1. The molecule has 1 aromatic heterocycles. The number of aryl methyl sites for hydroxylation is 1. The Morgan fingerprint density at radius 2 is 1.94 bits per heavy atom. The highest BCUT2D eigenvalue weighted by Gasteiger charge is 2.12. The van der Waals surface area contributed by atoms with Gasteiger partial charge in [0.1, 0.15) is 6.61 Å². The number of pyridine rings is 1. The molecule has 0 radical (unpaired) electrons. The van der Waals surface area contributed by atoms with Crippen molar-refractivity contribution < 1.29 is 9.47 Å². The number of aromatic nitrogens is 1. The molecule has 1 aliphatic rings. The number of nitrogens with zero attached hydrogens (tertiary/aromatic N) is 4. The summed E-state index contributed by atoms with van der Waals surface area (Å²) in [5, 5.41) is 4.41. The van der Waals surface area contributed by atoms with Crippen molar-refractivity contribution in [2.75, 3.05) is 62.9 Å². The van der Waals surface area contributed by atoms with Gasteiger partial charge >= 0.3 is 0 Å². The van der Waals surface area contributed by atoms with Gasteiger partial charge in [0.05, 0.1) is 19.4 Å². The smallest absolute Gasteiger partial charge is 0.217 e. The fraction of sp³-hybridized carbons (Fsp3) is 0.520. The Kier molecular flexibility index (Phi) is 9.78. The van der Waals surface area contributed by atoms with Crippen LogP contribution in [0.5, 0.6) is 5.88 Å². The molecule has 32 heavy (non-hydrogen) atoms. The minimum Gasteiger partial charge on any atom is -0.476 e. The molecule has 7 nitrogen and oxygen atoms in total. The predicted molar refractivity (Wildman–Crippen MR) is 132 cm³/mol. The molecule has 0 amide bonds. The summed E-state index contributed by atoms with van der Waals surface area (Å²) in [6.07, 6.45) is 3.99. The van der Waals surface area contributed by atoms with Crippen LogP contribution < -0.4 is 15.1 Å². The lowest BCUT2D eigenvalue weighted by Gasteiger charge is -2.26. The zero-order chi connectivity index (χ0) is 22.6. The van der Waals surface area contributed by atoms with Crippen LogP contribution in [0.15, 0.2) is 41.5 Å². The molecule has 0 spiro atoms. The summed E-state index contributed by atoms with van der Waals surface area (Å²) in [4.78, 5) is 9.39. The molecule has 174 valence electrons. The molecule has 1 saturated heterocycles. The maximum absolute atomic E-state index is 6.06. The van der Waals surface area contributed by atoms with Crippen LogP contribution in [0.25, 0.3) is 0 Å². The molecule has 2 heterocycles. The average Bonchev–Trinajstić information content (AvgIpc) is 2.80. The number of benzene rings is 1. The van der Waals surface area contributed by atoms with E-state index in [0.29, 0.717) is 18.3 Å². The zero-order valence-electron chi connectivity index (χ0n) is 19.7. The third kappa shape index (κ3) is 7.80. The summed E-state index contributed by atoms with van der Waals surface area (Å²) in [6.45, 7) is 13.5. The van der Waals surface area contributed by atoms with Gasteiger partial charge in [-0.25, -0.2) is 0 Å². The maximum Gasteiger partial charge on any atom is 0.217 e. The van der Waals surface area contributed by atoms with Crippen LogP contribution in [-0.4, -0.2) is 68.6 Å². The molecule has 1 aromatic carbocycles. The fourth-order valence-electron chi connectivity index (χ4n) is 3.74. The Hall–Kier alpha value is -2.64. The van der Waals surface area contributed by atoms with E-state index in [1.165, 1.54) is 5.56 Å². The van der Waals surface area contributed by atoms with Gasteiger partial charge in [0.15, 0.2) is 5.82 Å². The Balaban J connectivity index is 1.71. The van der Waals surface area contributed by atoms with Crippen molar-refractivity contribution >= 4 is 17.7 Å². The van der Waals surface area contributed by atoms with Crippen molar-refractivity contribution in [2.45, 2.75) is 33.6 Å². The molecule has 0 saturated carbocycles. The first-order valence-electron chi connectivity index (χ1n) is 11.7. The van der Waals surface area contributed by atoms with E-state index in [2.05, 4.69) is 58.2 Å². The van der Waals surface area contributed by atoms with Gasteiger partial charge in [0.25, 0.3) is 0 Å². The third-order valence-electron chi connectivity index (χ3n) is 5.33. The second-order valence-electron chi connectivity index (χ2n) is 8.12. The van der Waals surface area contributed by atoms with Gasteiger partial charge in [-0.3, -0.25) is 10.3 Å². The fourth-order valence-corrected chi connectivity index (χ4v) is 3.74. The van der Waals surface area contributed by atoms with Crippen molar-refractivity contribution in [1.82, 2.24) is 9.88 Å². The van der Waals surface area contributed by atoms with E-state index in [1.54, 1.807) is 0 Å². The number of hydrogen-bond acceptors (Lipinski definition) is 7. The number of rotatable bonds is 12. The molecule has 1 fully saturated rings. The number of morpholine rings is 1. The van der Waals surface area contributed by atoms with Crippen LogP contribution in [0.2, 0.25) is 0 Å². The Labute approximate surface area is 192 Å². The van der Waals surface area contributed by atoms with Gasteiger partial charge in [-0.05, 0) is 25.3 Å². The van der Waals surface area contributed by atoms with Gasteiger partial charge in [-0.2, -0.15) is 10.1 Å². The minimum atomic E-state index is 0.601. The van der Waals surface area contributed by atoms with E-state index in [4.69, 9.17) is 9.47 Å². The lowest BCUT2D eigenvalue weighted by atomic mass is 10.2.